The second kappa shape index (κ2) is 5.05. The number of hydrogen-bond donors (Lipinski definition) is 0. The molecule has 0 saturated heterocycles. The second-order valence-corrected chi connectivity index (χ2v) is 5.50. The van der Waals surface area contributed by atoms with Crippen molar-refractivity contribution in [2.45, 2.75) is 33.1 Å². The molecule has 19 heavy (non-hydrogen) atoms. The minimum atomic E-state index is 1.26. The number of aryl methyl sites for hydroxylation is 2. The first-order chi connectivity index (χ1) is 9.25. The molecule has 0 heterocycles. The van der Waals surface area contributed by atoms with E-state index in [0.717, 1.165) is 0 Å². The van der Waals surface area contributed by atoms with Crippen LogP contribution >= 0.6 is 0 Å². The van der Waals surface area contributed by atoms with Gasteiger partial charge in [-0.05, 0) is 60.9 Å². The van der Waals surface area contributed by atoms with Gasteiger partial charge in [-0.25, -0.2) is 0 Å². The summed E-state index contributed by atoms with van der Waals surface area (Å²) in [6.07, 6.45) is 3.87. The lowest BCUT2D eigenvalue weighted by atomic mass is 9.82. The lowest BCUT2D eigenvalue weighted by Gasteiger charge is -2.23. The van der Waals surface area contributed by atoms with E-state index < -0.39 is 0 Å². The molecule has 96 valence electrons. The molecular formula is C19H20. The molecular weight excluding hydrogens is 228 g/mol. The molecule has 1 aliphatic carbocycles. The van der Waals surface area contributed by atoms with Crippen molar-refractivity contribution < 1.29 is 0 Å². The van der Waals surface area contributed by atoms with Crippen LogP contribution in [-0.2, 0) is 0 Å². The maximum absolute atomic E-state index is 2.34. The first-order valence-corrected chi connectivity index (χ1v) is 7.11. The highest BCUT2D eigenvalue weighted by molar-refractivity contribution is 5.83. The fourth-order valence-corrected chi connectivity index (χ4v) is 2.68. The molecule has 0 atom stereocenters. The summed E-state index contributed by atoms with van der Waals surface area (Å²) in [6, 6.07) is 17.7. The Balaban J connectivity index is 2.13. The van der Waals surface area contributed by atoms with Crippen molar-refractivity contribution in [2.75, 3.05) is 0 Å². The standard InChI is InChI=1S/C19H20/c1-14-11-12-18(13-15(14)2)19(17-9-6-10-17)16-7-4-3-5-8-16/h3-5,7-8,11-13H,6,9-10H2,1-2H3. The molecule has 0 aromatic heterocycles. The number of benzene rings is 2. The number of allylic oxidation sites excluding steroid dienone is 1. The van der Waals surface area contributed by atoms with E-state index in [-0.39, 0.29) is 0 Å². The van der Waals surface area contributed by atoms with Crippen molar-refractivity contribution in [3.63, 3.8) is 0 Å². The van der Waals surface area contributed by atoms with Gasteiger partial charge in [0.1, 0.15) is 0 Å². The zero-order chi connectivity index (χ0) is 13.2. The molecule has 0 radical (unpaired) electrons. The Morgan fingerprint density at radius 3 is 2.11 bits per heavy atom. The van der Waals surface area contributed by atoms with Gasteiger partial charge in [0, 0.05) is 0 Å². The van der Waals surface area contributed by atoms with Crippen molar-refractivity contribution in [1.82, 2.24) is 0 Å². The van der Waals surface area contributed by atoms with Gasteiger partial charge in [0.2, 0.25) is 0 Å². The van der Waals surface area contributed by atoms with E-state index in [4.69, 9.17) is 0 Å². The Morgan fingerprint density at radius 1 is 0.789 bits per heavy atom. The predicted octanol–water partition coefficient (Wildman–Crippen LogP) is 5.29. The van der Waals surface area contributed by atoms with Crippen LogP contribution in [0.25, 0.3) is 5.57 Å². The second-order valence-electron chi connectivity index (χ2n) is 5.50. The van der Waals surface area contributed by atoms with Crippen LogP contribution in [0.5, 0.6) is 0 Å². The first-order valence-electron chi connectivity index (χ1n) is 7.11. The highest BCUT2D eigenvalue weighted by Gasteiger charge is 2.17. The fourth-order valence-electron chi connectivity index (χ4n) is 2.68. The molecule has 3 rings (SSSR count). The average Bonchev–Trinajstić information content (AvgIpc) is 2.38. The third kappa shape index (κ3) is 2.35. The fraction of sp³-hybridized carbons (Fsp3) is 0.263. The smallest absolute Gasteiger partial charge is 0.0119 e. The average molecular weight is 248 g/mol. The molecule has 0 bridgehead atoms. The van der Waals surface area contributed by atoms with E-state index in [1.807, 2.05) is 0 Å². The van der Waals surface area contributed by atoms with Gasteiger partial charge in [-0.15, -0.1) is 0 Å². The Morgan fingerprint density at radius 2 is 1.53 bits per heavy atom. The first kappa shape index (κ1) is 12.2. The maximum Gasteiger partial charge on any atom is -0.0119 e. The van der Waals surface area contributed by atoms with E-state index in [2.05, 4.69) is 62.4 Å². The molecule has 0 spiro atoms. The van der Waals surface area contributed by atoms with E-state index in [9.17, 15) is 0 Å². The van der Waals surface area contributed by atoms with Gasteiger partial charge in [0.25, 0.3) is 0 Å². The topological polar surface area (TPSA) is 0 Å². The van der Waals surface area contributed by atoms with E-state index >= 15 is 0 Å². The summed E-state index contributed by atoms with van der Waals surface area (Å²) in [4.78, 5) is 0. The summed E-state index contributed by atoms with van der Waals surface area (Å²) in [6.45, 7) is 4.38. The van der Waals surface area contributed by atoms with Crippen LogP contribution in [-0.4, -0.2) is 0 Å². The van der Waals surface area contributed by atoms with Gasteiger partial charge in [-0.3, -0.25) is 0 Å². The van der Waals surface area contributed by atoms with Crippen LogP contribution in [0.3, 0.4) is 0 Å². The van der Waals surface area contributed by atoms with Crippen LogP contribution in [0.1, 0.15) is 41.5 Å². The van der Waals surface area contributed by atoms with Crippen LogP contribution in [0, 0.1) is 13.8 Å². The highest BCUT2D eigenvalue weighted by Crippen LogP contribution is 2.37. The maximum atomic E-state index is 2.34. The third-order valence-corrected chi connectivity index (χ3v) is 4.17. The zero-order valence-electron chi connectivity index (χ0n) is 11.7. The van der Waals surface area contributed by atoms with Crippen molar-refractivity contribution >= 4 is 5.57 Å². The lowest BCUT2D eigenvalue weighted by Crippen LogP contribution is -2.03. The van der Waals surface area contributed by atoms with E-state index in [0.29, 0.717) is 0 Å². The largest absolute Gasteiger partial charge is 0.0622 e. The van der Waals surface area contributed by atoms with Crippen molar-refractivity contribution in [3.8, 4) is 0 Å². The predicted molar refractivity (Wildman–Crippen MR) is 82.2 cm³/mol. The molecule has 0 amide bonds. The van der Waals surface area contributed by atoms with Gasteiger partial charge in [0.05, 0.1) is 0 Å². The normalized spacial score (nSPS) is 14.1. The third-order valence-electron chi connectivity index (χ3n) is 4.17. The van der Waals surface area contributed by atoms with Crippen molar-refractivity contribution in [3.05, 3.63) is 76.4 Å². The van der Waals surface area contributed by atoms with Gasteiger partial charge in [-0.2, -0.15) is 0 Å². The van der Waals surface area contributed by atoms with E-state index in [1.165, 1.54) is 47.1 Å². The Labute approximate surface area is 115 Å². The van der Waals surface area contributed by atoms with Gasteiger partial charge in [-0.1, -0.05) is 54.1 Å². The Hall–Kier alpha value is -1.82. The SMILES string of the molecule is Cc1ccc(C(=C2CCC2)c2ccccc2)cc1C. The molecule has 2 aromatic rings. The Kier molecular flexibility index (Phi) is 3.25. The monoisotopic (exact) mass is 248 g/mol. The number of rotatable bonds is 2. The summed E-state index contributed by atoms with van der Waals surface area (Å²) in [5.41, 5.74) is 8.58. The highest BCUT2D eigenvalue weighted by atomic mass is 14.2. The van der Waals surface area contributed by atoms with Crippen molar-refractivity contribution in [2.24, 2.45) is 0 Å². The minimum Gasteiger partial charge on any atom is -0.0622 e. The quantitative estimate of drug-likeness (QED) is 0.677. The minimum absolute atomic E-state index is 1.26. The lowest BCUT2D eigenvalue weighted by molar-refractivity contribution is 0.666. The van der Waals surface area contributed by atoms with Crippen LogP contribution < -0.4 is 0 Å². The summed E-state index contributed by atoms with van der Waals surface area (Å²) in [5, 5.41) is 0. The summed E-state index contributed by atoms with van der Waals surface area (Å²) in [7, 11) is 0. The molecule has 1 aliphatic rings. The Bertz CT molecular complexity index is 612. The molecule has 0 nitrogen and oxygen atoms in total. The summed E-state index contributed by atoms with van der Waals surface area (Å²) < 4.78 is 0. The summed E-state index contributed by atoms with van der Waals surface area (Å²) >= 11 is 0. The van der Waals surface area contributed by atoms with Gasteiger partial charge < -0.3 is 0 Å². The van der Waals surface area contributed by atoms with E-state index in [1.54, 1.807) is 5.57 Å². The number of hydrogen-bond acceptors (Lipinski definition) is 0. The molecule has 0 unspecified atom stereocenters. The summed E-state index contributed by atoms with van der Waals surface area (Å²) in [5.74, 6) is 0. The van der Waals surface area contributed by atoms with Crippen LogP contribution in [0.15, 0.2) is 54.1 Å². The molecule has 1 saturated carbocycles. The van der Waals surface area contributed by atoms with Gasteiger partial charge >= 0.3 is 0 Å². The molecule has 1 fully saturated rings. The molecule has 0 aliphatic heterocycles. The molecule has 2 aromatic carbocycles. The van der Waals surface area contributed by atoms with Crippen LogP contribution in [0.4, 0.5) is 0 Å². The van der Waals surface area contributed by atoms with Gasteiger partial charge in [0.15, 0.2) is 0 Å². The van der Waals surface area contributed by atoms with Crippen molar-refractivity contribution in [1.29, 1.82) is 0 Å². The molecule has 0 heteroatoms. The molecule has 0 N–H and O–H groups in total. The zero-order valence-corrected chi connectivity index (χ0v) is 11.7. The van der Waals surface area contributed by atoms with Crippen LogP contribution in [0.2, 0.25) is 0 Å².